The normalized spacial score (nSPS) is 10.5. The molecule has 0 amide bonds. The third-order valence-electron chi connectivity index (χ3n) is 1.98. The van der Waals surface area contributed by atoms with Gasteiger partial charge in [0.25, 0.3) is 0 Å². The second kappa shape index (κ2) is 5.18. The van der Waals surface area contributed by atoms with Gasteiger partial charge in [-0.2, -0.15) is 23.1 Å². The maximum Gasteiger partial charge on any atom is 0.314 e. The molecule has 0 unspecified atom stereocenters. The van der Waals surface area contributed by atoms with Gasteiger partial charge in [0.05, 0.1) is 0 Å². The number of rotatable bonds is 3. The fraction of sp³-hybridized carbons (Fsp3) is 0.0909. The Morgan fingerprint density at radius 2 is 1.53 bits per heavy atom. The monoisotopic (exact) mass is 256 g/mol. The summed E-state index contributed by atoms with van der Waals surface area (Å²) in [6, 6.07) is 9.14. The highest BCUT2D eigenvalue weighted by atomic mass is 32.2. The van der Waals surface area contributed by atoms with Crippen molar-refractivity contribution in [3.63, 3.8) is 0 Å². The van der Waals surface area contributed by atoms with Crippen LogP contribution in [-0.2, 0) is 5.75 Å². The fourth-order valence-corrected chi connectivity index (χ4v) is 2.06. The first-order valence-corrected chi connectivity index (χ1v) is 5.70. The molecule has 2 aromatic rings. The Morgan fingerprint density at radius 1 is 0.941 bits per heavy atom. The molecule has 0 radical (unpaired) electrons. The molecule has 2 rings (SSSR count). The fourth-order valence-electron chi connectivity index (χ4n) is 1.22. The molecule has 0 atom stereocenters. The number of nitrogens with zero attached hydrogens (tertiary/aromatic N) is 2. The maximum absolute atomic E-state index is 13.2. The van der Waals surface area contributed by atoms with E-state index in [1.165, 1.54) is 0 Å². The molecular formula is C11H7F3N2S. The topological polar surface area (TPSA) is 25.8 Å². The van der Waals surface area contributed by atoms with Gasteiger partial charge in [-0.25, -0.2) is 0 Å². The van der Waals surface area contributed by atoms with Crippen LogP contribution in [0.25, 0.3) is 0 Å². The zero-order valence-corrected chi connectivity index (χ0v) is 9.35. The summed E-state index contributed by atoms with van der Waals surface area (Å²) in [6.45, 7) is 0. The average Bonchev–Trinajstić information content (AvgIpc) is 2.29. The lowest BCUT2D eigenvalue weighted by Gasteiger charge is -2.03. The number of hydrogen-bond acceptors (Lipinski definition) is 3. The van der Waals surface area contributed by atoms with E-state index in [2.05, 4.69) is 9.97 Å². The SMILES string of the molecule is Fc1nc(F)c(SCc2ccccc2)c(F)n1. The first-order valence-electron chi connectivity index (χ1n) is 4.72. The van der Waals surface area contributed by atoms with Gasteiger partial charge in [-0.1, -0.05) is 30.3 Å². The Morgan fingerprint density at radius 3 is 2.12 bits per heavy atom. The summed E-state index contributed by atoms with van der Waals surface area (Å²) in [5.74, 6) is -1.98. The maximum atomic E-state index is 13.2. The number of aromatic nitrogens is 2. The van der Waals surface area contributed by atoms with E-state index in [9.17, 15) is 13.2 Å². The minimum Gasteiger partial charge on any atom is -0.183 e. The lowest BCUT2D eigenvalue weighted by atomic mass is 10.2. The van der Waals surface area contributed by atoms with Crippen molar-refractivity contribution >= 4 is 11.8 Å². The van der Waals surface area contributed by atoms with E-state index in [0.717, 1.165) is 17.3 Å². The molecule has 0 aliphatic heterocycles. The predicted octanol–water partition coefficient (Wildman–Crippen LogP) is 3.19. The highest BCUT2D eigenvalue weighted by Crippen LogP contribution is 2.26. The highest BCUT2D eigenvalue weighted by molar-refractivity contribution is 7.98. The van der Waals surface area contributed by atoms with Crippen molar-refractivity contribution in [2.45, 2.75) is 10.6 Å². The van der Waals surface area contributed by atoms with Crippen molar-refractivity contribution in [1.29, 1.82) is 0 Å². The quantitative estimate of drug-likeness (QED) is 0.479. The Labute approximate surface area is 99.9 Å². The van der Waals surface area contributed by atoms with Crippen LogP contribution in [0.15, 0.2) is 35.2 Å². The minimum atomic E-state index is -1.40. The molecular weight excluding hydrogens is 249 g/mol. The van der Waals surface area contributed by atoms with Gasteiger partial charge < -0.3 is 0 Å². The summed E-state index contributed by atoms with van der Waals surface area (Å²) < 4.78 is 38.8. The smallest absolute Gasteiger partial charge is 0.183 e. The Balaban J connectivity index is 2.15. The second-order valence-corrected chi connectivity index (χ2v) is 4.16. The van der Waals surface area contributed by atoms with Crippen LogP contribution in [-0.4, -0.2) is 9.97 Å². The lowest BCUT2D eigenvalue weighted by Crippen LogP contribution is -2.01. The zero-order valence-electron chi connectivity index (χ0n) is 8.53. The number of halogens is 3. The minimum absolute atomic E-state index is 0.365. The van der Waals surface area contributed by atoms with Gasteiger partial charge in [-0.15, -0.1) is 11.8 Å². The summed E-state index contributed by atoms with van der Waals surface area (Å²) in [4.78, 5) is 5.32. The van der Waals surface area contributed by atoms with E-state index in [4.69, 9.17) is 0 Å². The molecule has 0 aliphatic rings. The van der Waals surface area contributed by atoms with Gasteiger partial charge in [-0.3, -0.25) is 0 Å². The van der Waals surface area contributed by atoms with E-state index in [0.29, 0.717) is 5.75 Å². The Bertz CT molecular complexity index is 496. The van der Waals surface area contributed by atoms with Crippen LogP contribution in [0.1, 0.15) is 5.56 Å². The molecule has 0 saturated carbocycles. The van der Waals surface area contributed by atoms with Crippen molar-refractivity contribution in [3.8, 4) is 0 Å². The largest absolute Gasteiger partial charge is 0.314 e. The van der Waals surface area contributed by atoms with Crippen molar-refractivity contribution in [3.05, 3.63) is 53.9 Å². The van der Waals surface area contributed by atoms with Crippen LogP contribution in [0.4, 0.5) is 13.2 Å². The van der Waals surface area contributed by atoms with Crippen LogP contribution in [0.2, 0.25) is 0 Å². The number of thioether (sulfide) groups is 1. The predicted molar refractivity (Wildman–Crippen MR) is 57.9 cm³/mol. The molecule has 6 heteroatoms. The van der Waals surface area contributed by atoms with E-state index in [1.807, 2.05) is 30.3 Å². The van der Waals surface area contributed by atoms with Gasteiger partial charge in [0.15, 0.2) is 0 Å². The standard InChI is InChI=1S/C11H7F3N2S/c12-9-8(10(13)16-11(14)15-9)17-6-7-4-2-1-3-5-7/h1-5H,6H2. The molecule has 2 nitrogen and oxygen atoms in total. The molecule has 17 heavy (non-hydrogen) atoms. The van der Waals surface area contributed by atoms with E-state index in [1.54, 1.807) is 0 Å². The van der Waals surface area contributed by atoms with E-state index in [-0.39, 0.29) is 4.90 Å². The van der Waals surface area contributed by atoms with Crippen molar-refractivity contribution in [1.82, 2.24) is 9.97 Å². The number of hydrogen-bond donors (Lipinski definition) is 0. The summed E-state index contributed by atoms with van der Waals surface area (Å²) in [5, 5.41) is 0. The van der Waals surface area contributed by atoms with E-state index < -0.39 is 18.0 Å². The lowest BCUT2D eigenvalue weighted by molar-refractivity contribution is 0.412. The van der Waals surface area contributed by atoms with Crippen LogP contribution in [0, 0.1) is 18.0 Å². The highest BCUT2D eigenvalue weighted by Gasteiger charge is 2.14. The third kappa shape index (κ3) is 2.97. The molecule has 0 spiro atoms. The molecule has 0 fully saturated rings. The van der Waals surface area contributed by atoms with Gasteiger partial charge in [0.2, 0.25) is 11.9 Å². The van der Waals surface area contributed by atoms with Gasteiger partial charge in [0.1, 0.15) is 4.90 Å². The second-order valence-electron chi connectivity index (χ2n) is 3.18. The number of benzene rings is 1. The zero-order chi connectivity index (χ0) is 12.3. The van der Waals surface area contributed by atoms with Gasteiger partial charge in [0, 0.05) is 5.75 Å². The average molecular weight is 256 g/mol. The molecule has 0 bridgehead atoms. The molecule has 1 heterocycles. The molecule has 0 saturated heterocycles. The Kier molecular flexibility index (Phi) is 3.63. The van der Waals surface area contributed by atoms with Crippen molar-refractivity contribution < 1.29 is 13.2 Å². The molecule has 88 valence electrons. The van der Waals surface area contributed by atoms with E-state index >= 15 is 0 Å². The third-order valence-corrected chi connectivity index (χ3v) is 3.08. The molecule has 1 aromatic heterocycles. The summed E-state index contributed by atoms with van der Waals surface area (Å²) in [6.07, 6.45) is -1.40. The molecule has 0 aliphatic carbocycles. The summed E-state index contributed by atoms with van der Waals surface area (Å²) >= 11 is 0.894. The molecule has 0 N–H and O–H groups in total. The van der Waals surface area contributed by atoms with Gasteiger partial charge in [-0.05, 0) is 5.56 Å². The van der Waals surface area contributed by atoms with Crippen LogP contribution >= 0.6 is 11.8 Å². The van der Waals surface area contributed by atoms with Crippen LogP contribution in [0.5, 0.6) is 0 Å². The van der Waals surface area contributed by atoms with Crippen molar-refractivity contribution in [2.24, 2.45) is 0 Å². The van der Waals surface area contributed by atoms with Crippen LogP contribution in [0.3, 0.4) is 0 Å². The summed E-state index contributed by atoms with van der Waals surface area (Å²) in [7, 11) is 0. The first-order chi connectivity index (χ1) is 8.16. The van der Waals surface area contributed by atoms with Crippen molar-refractivity contribution in [2.75, 3.05) is 0 Å². The summed E-state index contributed by atoms with van der Waals surface area (Å²) in [5.41, 5.74) is 0.903. The van der Waals surface area contributed by atoms with Gasteiger partial charge >= 0.3 is 6.08 Å². The Hall–Kier alpha value is -1.56. The first kappa shape index (κ1) is 11.9. The molecule has 1 aromatic carbocycles. The van der Waals surface area contributed by atoms with Crippen LogP contribution < -0.4 is 0 Å².